The molecule has 61 heavy (non-hydrogen) atoms. The van der Waals surface area contributed by atoms with Crippen LogP contribution < -0.4 is 0 Å². The summed E-state index contributed by atoms with van der Waals surface area (Å²) in [6.45, 7) is 8.41. The van der Waals surface area contributed by atoms with E-state index in [1.54, 1.807) is 0 Å². The van der Waals surface area contributed by atoms with E-state index in [2.05, 4.69) is 194 Å². The molecule has 0 amide bonds. The zero-order chi connectivity index (χ0) is 40.6. The second-order valence-corrected chi connectivity index (χ2v) is 15.4. The third-order valence-electron chi connectivity index (χ3n) is 12.1. The number of rotatable bonds is 5. The molecule has 0 radical (unpaired) electrons. The number of aromatic nitrogens is 4. The van der Waals surface area contributed by atoms with Gasteiger partial charge in [0.15, 0.2) is 5.69 Å². The minimum Gasteiger partial charge on any atom is -0.309 e. The van der Waals surface area contributed by atoms with E-state index >= 15 is 0 Å². The maximum atomic E-state index is 10.7. The van der Waals surface area contributed by atoms with Crippen LogP contribution in [-0.4, -0.2) is 18.7 Å². The standard InChI is InChI=1S/C55H32N6/c1-57-47-29-28-37(60-52-22-10-4-16-41(52)42-17-5-11-23-53(42)60)31-46(47)49-33-38(61-54-24-12-6-18-43(54)44-19-7-13-25-55(44)61)32-48(58-49)45-30-36(27-26-35(45)34-56)59-50-20-8-2-14-39(50)40-15-3-9-21-51(40)59/h2-33H. The quantitative estimate of drug-likeness (QED) is 0.163. The van der Waals surface area contributed by atoms with Crippen molar-refractivity contribution < 1.29 is 0 Å². The van der Waals surface area contributed by atoms with Crippen LogP contribution in [0.5, 0.6) is 0 Å². The van der Waals surface area contributed by atoms with Gasteiger partial charge in [0, 0.05) is 54.8 Å². The fourth-order valence-electron chi connectivity index (χ4n) is 9.47. The molecule has 6 nitrogen and oxygen atoms in total. The summed E-state index contributed by atoms with van der Waals surface area (Å²) >= 11 is 0. The van der Waals surface area contributed by atoms with Crippen LogP contribution >= 0.6 is 0 Å². The van der Waals surface area contributed by atoms with Gasteiger partial charge in [0.25, 0.3) is 0 Å². The first kappa shape index (κ1) is 34.3. The van der Waals surface area contributed by atoms with E-state index in [0.29, 0.717) is 33.8 Å². The molecule has 0 unspecified atom stereocenters. The number of para-hydroxylation sites is 6. The number of hydrogen-bond acceptors (Lipinski definition) is 2. The average molecular weight is 777 g/mol. The van der Waals surface area contributed by atoms with Crippen LogP contribution in [-0.2, 0) is 0 Å². The first-order valence-electron chi connectivity index (χ1n) is 20.2. The normalized spacial score (nSPS) is 11.6. The Balaban J connectivity index is 1.15. The van der Waals surface area contributed by atoms with E-state index in [9.17, 15) is 5.26 Å². The molecular formula is C55H32N6. The Hall–Kier alpha value is -8.71. The first-order valence-corrected chi connectivity index (χ1v) is 20.2. The summed E-state index contributed by atoms with van der Waals surface area (Å²) in [4.78, 5) is 9.50. The number of hydrogen-bond donors (Lipinski definition) is 0. The molecule has 0 N–H and O–H groups in total. The molecule has 4 aromatic heterocycles. The Morgan fingerprint density at radius 1 is 0.393 bits per heavy atom. The van der Waals surface area contributed by atoms with Crippen molar-refractivity contribution in [2.75, 3.05) is 0 Å². The van der Waals surface area contributed by atoms with Crippen LogP contribution in [0.1, 0.15) is 5.56 Å². The molecule has 0 atom stereocenters. The van der Waals surface area contributed by atoms with E-state index in [4.69, 9.17) is 11.6 Å². The van der Waals surface area contributed by atoms with Crippen LogP contribution in [0, 0.1) is 17.9 Å². The predicted octanol–water partition coefficient (Wildman–Crippen LogP) is 14.1. The van der Waals surface area contributed by atoms with Gasteiger partial charge in [0.05, 0.1) is 68.4 Å². The Labute approximate surface area is 350 Å². The third-order valence-corrected chi connectivity index (χ3v) is 12.1. The molecule has 12 aromatic rings. The molecule has 0 aliphatic rings. The minimum atomic E-state index is 0.488. The van der Waals surface area contributed by atoms with E-state index in [0.717, 1.165) is 82.5 Å². The summed E-state index contributed by atoms with van der Waals surface area (Å²) in [6.07, 6.45) is 0. The largest absolute Gasteiger partial charge is 0.309 e. The topological polar surface area (TPSA) is 55.8 Å². The fraction of sp³-hybridized carbons (Fsp3) is 0. The Kier molecular flexibility index (Phi) is 7.56. The van der Waals surface area contributed by atoms with Gasteiger partial charge in [-0.05, 0) is 78.9 Å². The van der Waals surface area contributed by atoms with Crippen molar-refractivity contribution in [2.45, 2.75) is 0 Å². The number of benzene rings is 8. The molecule has 8 aromatic carbocycles. The van der Waals surface area contributed by atoms with Gasteiger partial charge in [-0.1, -0.05) is 115 Å². The molecule has 4 heterocycles. The van der Waals surface area contributed by atoms with Crippen LogP contribution in [0.15, 0.2) is 194 Å². The summed E-state index contributed by atoms with van der Waals surface area (Å²) < 4.78 is 6.80. The summed E-state index contributed by atoms with van der Waals surface area (Å²) in [6, 6.07) is 69.3. The molecule has 0 aliphatic heterocycles. The number of fused-ring (bicyclic) bond motifs is 9. The summed E-state index contributed by atoms with van der Waals surface area (Å²) in [5, 5.41) is 17.7. The lowest BCUT2D eigenvalue weighted by atomic mass is 10.0. The Bertz CT molecular complexity index is 3510. The molecule has 0 bridgehead atoms. The van der Waals surface area contributed by atoms with Crippen molar-refractivity contribution in [3.05, 3.63) is 211 Å². The van der Waals surface area contributed by atoms with Crippen LogP contribution in [0.2, 0.25) is 0 Å². The van der Waals surface area contributed by atoms with E-state index in [-0.39, 0.29) is 0 Å². The van der Waals surface area contributed by atoms with Gasteiger partial charge < -0.3 is 13.7 Å². The molecule has 0 aliphatic carbocycles. The van der Waals surface area contributed by atoms with E-state index in [1.165, 1.54) is 0 Å². The molecule has 0 saturated heterocycles. The monoisotopic (exact) mass is 776 g/mol. The predicted molar refractivity (Wildman–Crippen MR) is 249 cm³/mol. The lowest BCUT2D eigenvalue weighted by molar-refractivity contribution is 1.15. The number of nitrogens with zero attached hydrogens (tertiary/aromatic N) is 6. The highest BCUT2D eigenvalue weighted by atomic mass is 15.0. The fourth-order valence-corrected chi connectivity index (χ4v) is 9.47. The van der Waals surface area contributed by atoms with E-state index < -0.39 is 0 Å². The Morgan fingerprint density at radius 3 is 1.13 bits per heavy atom. The van der Waals surface area contributed by atoms with Crippen molar-refractivity contribution in [1.82, 2.24) is 18.7 Å². The maximum Gasteiger partial charge on any atom is 0.196 e. The van der Waals surface area contributed by atoms with Crippen molar-refractivity contribution in [2.24, 2.45) is 0 Å². The van der Waals surface area contributed by atoms with Crippen LogP contribution in [0.25, 0.3) is 110 Å². The summed E-state index contributed by atoms with van der Waals surface area (Å²) in [5.41, 5.74) is 12.8. The first-order chi connectivity index (χ1) is 30.2. The minimum absolute atomic E-state index is 0.488. The highest BCUT2D eigenvalue weighted by Crippen LogP contribution is 2.41. The van der Waals surface area contributed by atoms with Gasteiger partial charge in [-0.2, -0.15) is 5.26 Å². The highest BCUT2D eigenvalue weighted by Gasteiger charge is 2.21. The lowest BCUT2D eigenvalue weighted by Gasteiger charge is -2.17. The zero-order valence-electron chi connectivity index (χ0n) is 32.7. The van der Waals surface area contributed by atoms with E-state index in [1.807, 2.05) is 24.3 Å². The molecule has 0 saturated carbocycles. The van der Waals surface area contributed by atoms with Gasteiger partial charge in [0.2, 0.25) is 0 Å². The summed E-state index contributed by atoms with van der Waals surface area (Å²) in [7, 11) is 0. The zero-order valence-corrected chi connectivity index (χ0v) is 32.7. The second kappa shape index (κ2) is 13.4. The van der Waals surface area contributed by atoms with Crippen molar-refractivity contribution in [1.29, 1.82) is 5.26 Å². The summed E-state index contributed by atoms with van der Waals surface area (Å²) in [5.74, 6) is 0. The van der Waals surface area contributed by atoms with Gasteiger partial charge >= 0.3 is 0 Å². The highest BCUT2D eigenvalue weighted by molar-refractivity contribution is 6.11. The van der Waals surface area contributed by atoms with Crippen molar-refractivity contribution in [3.63, 3.8) is 0 Å². The van der Waals surface area contributed by atoms with Gasteiger partial charge in [0.1, 0.15) is 0 Å². The average Bonchev–Trinajstić information content (AvgIpc) is 3.97. The van der Waals surface area contributed by atoms with Gasteiger partial charge in [-0.15, -0.1) is 0 Å². The van der Waals surface area contributed by atoms with Crippen LogP contribution in [0.4, 0.5) is 5.69 Å². The van der Waals surface area contributed by atoms with Gasteiger partial charge in [-0.3, -0.25) is 0 Å². The van der Waals surface area contributed by atoms with Crippen molar-refractivity contribution in [3.8, 4) is 45.6 Å². The maximum absolute atomic E-state index is 10.7. The molecule has 12 rings (SSSR count). The smallest absolute Gasteiger partial charge is 0.196 e. The Morgan fingerprint density at radius 2 is 0.738 bits per heavy atom. The number of pyridine rings is 1. The molecule has 282 valence electrons. The number of nitriles is 1. The van der Waals surface area contributed by atoms with Crippen LogP contribution in [0.3, 0.4) is 0 Å². The molecule has 0 spiro atoms. The molecular weight excluding hydrogens is 745 g/mol. The molecule has 0 fully saturated rings. The van der Waals surface area contributed by atoms with Gasteiger partial charge in [-0.25, -0.2) is 9.83 Å². The third kappa shape index (κ3) is 5.17. The van der Waals surface area contributed by atoms with Crippen molar-refractivity contribution >= 4 is 71.1 Å². The SMILES string of the molecule is [C-]#[N+]c1ccc(-n2c3ccccc3c3ccccc32)cc1-c1cc(-n2c3ccccc3c3ccccc32)cc(-c2cc(-n3c4ccccc4c4ccccc43)ccc2C#N)n1. The second-order valence-electron chi connectivity index (χ2n) is 15.4. The molecule has 6 heteroatoms. The lowest BCUT2D eigenvalue weighted by Crippen LogP contribution is -2.01.